The van der Waals surface area contributed by atoms with Crippen molar-refractivity contribution >= 4 is 5.91 Å². The minimum absolute atomic E-state index is 0.0746. The number of rotatable bonds is 7. The average molecular weight is 210 g/mol. The van der Waals surface area contributed by atoms with Crippen molar-refractivity contribution in [3.63, 3.8) is 0 Å². The van der Waals surface area contributed by atoms with Gasteiger partial charge in [-0.1, -0.05) is 13.8 Å². The Morgan fingerprint density at radius 2 is 2.13 bits per heavy atom. The van der Waals surface area contributed by atoms with E-state index in [1.165, 1.54) is 0 Å². The van der Waals surface area contributed by atoms with E-state index in [2.05, 4.69) is 16.6 Å². The van der Waals surface area contributed by atoms with E-state index in [1.807, 2.05) is 20.8 Å². The third kappa shape index (κ3) is 6.98. The third-order valence-corrected chi connectivity index (χ3v) is 2.27. The predicted octanol–water partition coefficient (Wildman–Crippen LogP) is 1.29. The van der Waals surface area contributed by atoms with Crippen LogP contribution < -0.4 is 10.6 Å². The molecule has 3 nitrogen and oxygen atoms in total. The molecule has 0 aromatic carbocycles. The molecule has 0 heterocycles. The molecule has 86 valence electrons. The summed E-state index contributed by atoms with van der Waals surface area (Å²) in [5.74, 6) is 2.65. The van der Waals surface area contributed by atoms with Crippen LogP contribution in [0.2, 0.25) is 0 Å². The maximum absolute atomic E-state index is 11.6. The fourth-order valence-corrected chi connectivity index (χ4v) is 1.43. The standard InChI is InChI=1S/C12H22N2O/c1-5-8-11(6-2)14-12(15)9-10(4)13-7-3/h1,10-11,13H,6-9H2,2-4H3,(H,14,15). The van der Waals surface area contributed by atoms with E-state index >= 15 is 0 Å². The van der Waals surface area contributed by atoms with Crippen molar-refractivity contribution in [1.82, 2.24) is 10.6 Å². The average Bonchev–Trinajstić information content (AvgIpc) is 2.17. The van der Waals surface area contributed by atoms with Gasteiger partial charge >= 0.3 is 0 Å². The van der Waals surface area contributed by atoms with E-state index in [0.717, 1.165) is 13.0 Å². The molecular formula is C12H22N2O. The Kier molecular flexibility index (Phi) is 7.75. The summed E-state index contributed by atoms with van der Waals surface area (Å²) in [6.45, 7) is 6.94. The molecule has 2 unspecified atom stereocenters. The van der Waals surface area contributed by atoms with E-state index in [0.29, 0.717) is 12.8 Å². The Morgan fingerprint density at radius 3 is 2.60 bits per heavy atom. The highest BCUT2D eigenvalue weighted by Gasteiger charge is 2.11. The fourth-order valence-electron chi connectivity index (χ4n) is 1.43. The first kappa shape index (κ1) is 14.0. The van der Waals surface area contributed by atoms with E-state index in [9.17, 15) is 4.79 Å². The summed E-state index contributed by atoms with van der Waals surface area (Å²) in [4.78, 5) is 11.6. The Bertz CT molecular complexity index is 220. The van der Waals surface area contributed by atoms with Crippen molar-refractivity contribution < 1.29 is 4.79 Å². The summed E-state index contributed by atoms with van der Waals surface area (Å²) in [7, 11) is 0. The quantitative estimate of drug-likeness (QED) is 0.622. The number of terminal acetylenes is 1. The predicted molar refractivity (Wildman–Crippen MR) is 63.4 cm³/mol. The largest absolute Gasteiger partial charge is 0.352 e. The van der Waals surface area contributed by atoms with Gasteiger partial charge in [-0.3, -0.25) is 4.79 Å². The highest BCUT2D eigenvalue weighted by atomic mass is 16.1. The highest BCUT2D eigenvalue weighted by Crippen LogP contribution is 1.98. The normalized spacial score (nSPS) is 14.0. The maximum atomic E-state index is 11.6. The van der Waals surface area contributed by atoms with Gasteiger partial charge in [0.2, 0.25) is 5.91 Å². The smallest absolute Gasteiger partial charge is 0.221 e. The SMILES string of the molecule is C#CCC(CC)NC(=O)CC(C)NCC. The lowest BCUT2D eigenvalue weighted by molar-refractivity contribution is -0.122. The first-order valence-electron chi connectivity index (χ1n) is 5.60. The number of carbonyl (C=O) groups excluding carboxylic acids is 1. The van der Waals surface area contributed by atoms with Crippen molar-refractivity contribution in [2.45, 2.75) is 52.1 Å². The molecule has 0 saturated heterocycles. The second-order valence-electron chi connectivity index (χ2n) is 3.74. The van der Waals surface area contributed by atoms with Crippen LogP contribution in [0.4, 0.5) is 0 Å². The molecule has 2 N–H and O–H groups in total. The van der Waals surface area contributed by atoms with Crippen LogP contribution in [-0.2, 0) is 4.79 Å². The molecule has 0 aromatic heterocycles. The van der Waals surface area contributed by atoms with Gasteiger partial charge in [0.25, 0.3) is 0 Å². The van der Waals surface area contributed by atoms with Gasteiger partial charge in [0.1, 0.15) is 0 Å². The van der Waals surface area contributed by atoms with Gasteiger partial charge < -0.3 is 10.6 Å². The van der Waals surface area contributed by atoms with Crippen LogP contribution in [0.5, 0.6) is 0 Å². The van der Waals surface area contributed by atoms with Crippen LogP contribution in [0, 0.1) is 12.3 Å². The molecule has 0 aliphatic rings. The first-order valence-corrected chi connectivity index (χ1v) is 5.60. The molecule has 0 aliphatic heterocycles. The van der Waals surface area contributed by atoms with Crippen LogP contribution in [0.1, 0.15) is 40.0 Å². The lowest BCUT2D eigenvalue weighted by Gasteiger charge is -2.17. The summed E-state index contributed by atoms with van der Waals surface area (Å²) < 4.78 is 0. The van der Waals surface area contributed by atoms with E-state index < -0.39 is 0 Å². The number of hydrogen-bond donors (Lipinski definition) is 2. The minimum atomic E-state index is 0.0746. The van der Waals surface area contributed by atoms with Crippen molar-refractivity contribution in [3.8, 4) is 12.3 Å². The molecule has 3 heteroatoms. The second-order valence-corrected chi connectivity index (χ2v) is 3.74. The monoisotopic (exact) mass is 210 g/mol. The van der Waals surface area contributed by atoms with E-state index in [4.69, 9.17) is 6.42 Å². The van der Waals surface area contributed by atoms with Crippen molar-refractivity contribution in [2.24, 2.45) is 0 Å². The van der Waals surface area contributed by atoms with Crippen molar-refractivity contribution in [3.05, 3.63) is 0 Å². The number of hydrogen-bond acceptors (Lipinski definition) is 2. The molecule has 2 atom stereocenters. The molecule has 15 heavy (non-hydrogen) atoms. The Morgan fingerprint density at radius 1 is 1.47 bits per heavy atom. The molecule has 0 aliphatic carbocycles. The zero-order valence-electron chi connectivity index (χ0n) is 9.97. The van der Waals surface area contributed by atoms with Gasteiger partial charge in [0.15, 0.2) is 0 Å². The molecule has 0 radical (unpaired) electrons. The lowest BCUT2D eigenvalue weighted by atomic mass is 10.1. The summed E-state index contributed by atoms with van der Waals surface area (Å²) in [6, 6.07) is 0.342. The molecule has 0 spiro atoms. The Hall–Kier alpha value is -1.01. The summed E-state index contributed by atoms with van der Waals surface area (Å²) in [5.41, 5.74) is 0. The lowest BCUT2D eigenvalue weighted by Crippen LogP contribution is -2.38. The van der Waals surface area contributed by atoms with Crippen LogP contribution in [-0.4, -0.2) is 24.5 Å². The number of carbonyl (C=O) groups is 1. The van der Waals surface area contributed by atoms with Gasteiger partial charge in [-0.05, 0) is 19.9 Å². The van der Waals surface area contributed by atoms with Gasteiger partial charge in [-0.2, -0.15) is 0 Å². The van der Waals surface area contributed by atoms with Gasteiger partial charge in [-0.25, -0.2) is 0 Å². The summed E-state index contributed by atoms with van der Waals surface area (Å²) in [6.07, 6.45) is 7.21. The van der Waals surface area contributed by atoms with Crippen LogP contribution in [0.3, 0.4) is 0 Å². The molecule has 0 saturated carbocycles. The molecule has 0 aromatic rings. The first-order chi connectivity index (χ1) is 7.13. The maximum Gasteiger partial charge on any atom is 0.221 e. The Balaban J connectivity index is 3.85. The number of amides is 1. The third-order valence-electron chi connectivity index (χ3n) is 2.27. The molecule has 0 fully saturated rings. The topological polar surface area (TPSA) is 41.1 Å². The number of nitrogens with one attached hydrogen (secondary N) is 2. The minimum Gasteiger partial charge on any atom is -0.352 e. The highest BCUT2D eigenvalue weighted by molar-refractivity contribution is 5.76. The van der Waals surface area contributed by atoms with Crippen LogP contribution in [0.25, 0.3) is 0 Å². The van der Waals surface area contributed by atoms with Gasteiger partial charge in [0, 0.05) is 24.9 Å². The molecule has 0 bridgehead atoms. The zero-order chi connectivity index (χ0) is 11.7. The van der Waals surface area contributed by atoms with Crippen LogP contribution >= 0.6 is 0 Å². The summed E-state index contributed by atoms with van der Waals surface area (Å²) in [5, 5.41) is 6.13. The molecule has 0 rings (SSSR count). The van der Waals surface area contributed by atoms with Gasteiger partial charge in [-0.15, -0.1) is 12.3 Å². The fraction of sp³-hybridized carbons (Fsp3) is 0.750. The van der Waals surface area contributed by atoms with Gasteiger partial charge in [0.05, 0.1) is 0 Å². The second kappa shape index (κ2) is 8.31. The van der Waals surface area contributed by atoms with E-state index in [1.54, 1.807) is 0 Å². The zero-order valence-corrected chi connectivity index (χ0v) is 9.97. The molecular weight excluding hydrogens is 188 g/mol. The van der Waals surface area contributed by atoms with Crippen molar-refractivity contribution in [2.75, 3.05) is 6.54 Å². The summed E-state index contributed by atoms with van der Waals surface area (Å²) >= 11 is 0. The Labute approximate surface area is 93.0 Å². The van der Waals surface area contributed by atoms with E-state index in [-0.39, 0.29) is 18.0 Å². The van der Waals surface area contributed by atoms with Crippen molar-refractivity contribution in [1.29, 1.82) is 0 Å². The van der Waals surface area contributed by atoms with Crippen LogP contribution in [0.15, 0.2) is 0 Å². The molecule has 1 amide bonds.